The van der Waals surface area contributed by atoms with Crippen molar-refractivity contribution >= 4 is 5.78 Å². The highest BCUT2D eigenvalue weighted by atomic mass is 19.4. The van der Waals surface area contributed by atoms with Crippen molar-refractivity contribution in [3.63, 3.8) is 0 Å². The molecule has 1 saturated carbocycles. The van der Waals surface area contributed by atoms with Crippen molar-refractivity contribution in [1.29, 1.82) is 0 Å². The molecule has 0 heterocycles. The molecule has 0 bridgehead atoms. The summed E-state index contributed by atoms with van der Waals surface area (Å²) >= 11 is 0. The van der Waals surface area contributed by atoms with Crippen molar-refractivity contribution in [2.75, 3.05) is 0 Å². The van der Waals surface area contributed by atoms with Crippen LogP contribution in [0.4, 0.5) is 17.6 Å². The van der Waals surface area contributed by atoms with Gasteiger partial charge in [-0.2, -0.15) is 13.2 Å². The van der Waals surface area contributed by atoms with Gasteiger partial charge in [0.05, 0.1) is 0 Å². The second-order valence-corrected chi connectivity index (χ2v) is 4.58. The molecule has 0 aliphatic heterocycles. The molecular formula is C12H16F4O. The molecule has 1 rings (SSSR count). The Morgan fingerprint density at radius 3 is 2.12 bits per heavy atom. The van der Waals surface area contributed by atoms with E-state index in [1.54, 1.807) is 0 Å². The van der Waals surface area contributed by atoms with E-state index >= 15 is 0 Å². The van der Waals surface area contributed by atoms with Crippen LogP contribution in [0, 0.1) is 11.8 Å². The maximum atomic E-state index is 14.2. The molecule has 0 N–H and O–H groups in total. The molecule has 0 aromatic carbocycles. The van der Waals surface area contributed by atoms with Crippen LogP contribution in [0.5, 0.6) is 0 Å². The Morgan fingerprint density at radius 2 is 1.76 bits per heavy atom. The normalized spacial score (nSPS) is 23.1. The lowest BCUT2D eigenvalue weighted by Crippen LogP contribution is -2.54. The number of hydrogen-bond donors (Lipinski definition) is 0. The van der Waals surface area contributed by atoms with Crippen LogP contribution in [0.25, 0.3) is 0 Å². The van der Waals surface area contributed by atoms with E-state index in [-0.39, 0.29) is 0 Å². The Hall–Kier alpha value is -0.870. The van der Waals surface area contributed by atoms with Crippen molar-refractivity contribution in [2.45, 2.75) is 44.5 Å². The first-order chi connectivity index (χ1) is 7.75. The van der Waals surface area contributed by atoms with Gasteiger partial charge >= 0.3 is 6.18 Å². The van der Waals surface area contributed by atoms with Crippen molar-refractivity contribution in [3.05, 3.63) is 12.7 Å². The standard InChI is InChI=1S/C12H16F4O/c1-3-8(2)11(13,12(14,15)16)10(17)9-6-4-5-7-9/h3,8-9H,1,4-7H2,2H3. The summed E-state index contributed by atoms with van der Waals surface area (Å²) in [7, 11) is 0. The first-order valence-electron chi connectivity index (χ1n) is 5.67. The van der Waals surface area contributed by atoms with Crippen LogP contribution in [0.1, 0.15) is 32.6 Å². The van der Waals surface area contributed by atoms with E-state index in [9.17, 15) is 22.4 Å². The summed E-state index contributed by atoms with van der Waals surface area (Å²) < 4.78 is 52.6. The Kier molecular flexibility index (Phi) is 3.99. The predicted molar refractivity (Wildman–Crippen MR) is 56.2 cm³/mol. The Balaban J connectivity index is 3.05. The molecule has 1 aliphatic rings. The second kappa shape index (κ2) is 4.78. The minimum absolute atomic E-state index is 0.352. The molecule has 0 aromatic heterocycles. The zero-order chi connectivity index (χ0) is 13.3. The summed E-state index contributed by atoms with van der Waals surface area (Å²) in [4.78, 5) is 11.8. The third kappa shape index (κ3) is 2.38. The summed E-state index contributed by atoms with van der Waals surface area (Å²) in [5.41, 5.74) is -3.79. The fourth-order valence-electron chi connectivity index (χ4n) is 2.27. The van der Waals surface area contributed by atoms with E-state index in [4.69, 9.17) is 0 Å². The maximum Gasteiger partial charge on any atom is 0.430 e. The third-order valence-corrected chi connectivity index (χ3v) is 3.48. The van der Waals surface area contributed by atoms with Crippen LogP contribution in [0.15, 0.2) is 12.7 Å². The lowest BCUT2D eigenvalue weighted by Gasteiger charge is -2.32. The third-order valence-electron chi connectivity index (χ3n) is 3.48. The molecule has 1 aliphatic carbocycles. The lowest BCUT2D eigenvalue weighted by molar-refractivity contribution is -0.236. The van der Waals surface area contributed by atoms with Crippen molar-refractivity contribution in [2.24, 2.45) is 11.8 Å². The monoisotopic (exact) mass is 252 g/mol. The van der Waals surface area contributed by atoms with Gasteiger partial charge in [-0.25, -0.2) is 4.39 Å². The highest BCUT2D eigenvalue weighted by Gasteiger charge is 2.64. The van der Waals surface area contributed by atoms with E-state index in [1.807, 2.05) is 0 Å². The molecule has 0 radical (unpaired) electrons. The van der Waals surface area contributed by atoms with Crippen LogP contribution < -0.4 is 0 Å². The largest absolute Gasteiger partial charge is 0.430 e. The van der Waals surface area contributed by atoms with E-state index in [0.29, 0.717) is 25.7 Å². The summed E-state index contributed by atoms with van der Waals surface area (Å²) in [6, 6.07) is 0. The molecule has 2 atom stereocenters. The van der Waals surface area contributed by atoms with Gasteiger partial charge in [0, 0.05) is 11.8 Å². The molecule has 0 spiro atoms. The number of ketones is 1. The van der Waals surface area contributed by atoms with E-state index < -0.39 is 29.5 Å². The van der Waals surface area contributed by atoms with E-state index in [0.717, 1.165) is 13.0 Å². The minimum atomic E-state index is -5.18. The molecule has 1 nitrogen and oxygen atoms in total. The van der Waals surface area contributed by atoms with Gasteiger partial charge in [-0.3, -0.25) is 4.79 Å². The van der Waals surface area contributed by atoms with Crippen LogP contribution >= 0.6 is 0 Å². The maximum absolute atomic E-state index is 14.2. The minimum Gasteiger partial charge on any atom is -0.295 e. The smallest absolute Gasteiger partial charge is 0.295 e. The van der Waals surface area contributed by atoms with E-state index in [2.05, 4.69) is 6.58 Å². The van der Waals surface area contributed by atoms with Crippen LogP contribution in [-0.2, 0) is 4.79 Å². The molecule has 0 saturated heterocycles. The molecule has 1 fully saturated rings. The van der Waals surface area contributed by atoms with Gasteiger partial charge in [0.2, 0.25) is 0 Å². The van der Waals surface area contributed by atoms with Crippen LogP contribution in [0.2, 0.25) is 0 Å². The quantitative estimate of drug-likeness (QED) is 0.549. The van der Waals surface area contributed by atoms with Crippen molar-refractivity contribution < 1.29 is 22.4 Å². The number of rotatable bonds is 4. The Morgan fingerprint density at radius 1 is 1.29 bits per heavy atom. The molecule has 17 heavy (non-hydrogen) atoms. The van der Waals surface area contributed by atoms with Crippen LogP contribution in [-0.4, -0.2) is 17.6 Å². The first-order valence-corrected chi connectivity index (χ1v) is 5.67. The van der Waals surface area contributed by atoms with Gasteiger partial charge in [-0.05, 0) is 12.8 Å². The van der Waals surface area contributed by atoms with Gasteiger partial charge in [0.1, 0.15) is 0 Å². The van der Waals surface area contributed by atoms with Crippen LogP contribution in [0.3, 0.4) is 0 Å². The summed E-state index contributed by atoms with van der Waals surface area (Å²) in [5, 5.41) is 0. The number of halogens is 4. The molecule has 0 aromatic rings. The topological polar surface area (TPSA) is 17.1 Å². The molecule has 98 valence electrons. The van der Waals surface area contributed by atoms with Crippen molar-refractivity contribution in [3.8, 4) is 0 Å². The molecule has 0 amide bonds. The number of carbonyl (C=O) groups excluding carboxylic acids is 1. The lowest BCUT2D eigenvalue weighted by atomic mass is 9.80. The average molecular weight is 252 g/mol. The SMILES string of the molecule is C=CC(C)C(F)(C(=O)C1CCCC1)C(F)(F)F. The summed E-state index contributed by atoms with van der Waals surface area (Å²) in [6.07, 6.45) is -2.25. The van der Waals surface area contributed by atoms with Gasteiger partial charge < -0.3 is 0 Å². The first kappa shape index (κ1) is 14.2. The molecule has 5 heteroatoms. The predicted octanol–water partition coefficient (Wildman–Crippen LogP) is 3.84. The highest BCUT2D eigenvalue weighted by molar-refractivity contribution is 5.91. The Bertz CT molecular complexity index is 304. The van der Waals surface area contributed by atoms with Gasteiger partial charge in [-0.1, -0.05) is 25.8 Å². The van der Waals surface area contributed by atoms with Gasteiger partial charge in [0.15, 0.2) is 5.78 Å². The number of hydrogen-bond acceptors (Lipinski definition) is 1. The number of alkyl halides is 4. The van der Waals surface area contributed by atoms with E-state index in [1.165, 1.54) is 0 Å². The fraction of sp³-hybridized carbons (Fsp3) is 0.750. The van der Waals surface area contributed by atoms with Crippen molar-refractivity contribution in [1.82, 2.24) is 0 Å². The fourth-order valence-corrected chi connectivity index (χ4v) is 2.27. The summed E-state index contributed by atoms with van der Waals surface area (Å²) in [5.74, 6) is -3.69. The second-order valence-electron chi connectivity index (χ2n) is 4.58. The highest BCUT2D eigenvalue weighted by Crippen LogP contribution is 2.45. The van der Waals surface area contributed by atoms with Gasteiger partial charge in [0.25, 0.3) is 5.67 Å². The number of Topliss-reactive ketones (excluding diaryl/α,β-unsaturated/α-hetero) is 1. The van der Waals surface area contributed by atoms with Gasteiger partial charge in [-0.15, -0.1) is 6.58 Å². The Labute approximate surface area is 97.9 Å². The zero-order valence-electron chi connectivity index (χ0n) is 9.69. The summed E-state index contributed by atoms with van der Waals surface area (Å²) in [6.45, 7) is 4.19. The average Bonchev–Trinajstić information content (AvgIpc) is 2.77. The number of carbonyl (C=O) groups is 1. The molecule has 2 unspecified atom stereocenters. The number of allylic oxidation sites excluding steroid dienone is 1. The molecular weight excluding hydrogens is 236 g/mol. The zero-order valence-corrected chi connectivity index (χ0v) is 9.69.